The fourth-order valence-corrected chi connectivity index (χ4v) is 2.65. The Morgan fingerprint density at radius 2 is 2.29 bits per heavy atom. The quantitative estimate of drug-likeness (QED) is 0.485. The van der Waals surface area contributed by atoms with Crippen molar-refractivity contribution in [2.45, 2.75) is 31.7 Å². The second-order valence-corrected chi connectivity index (χ2v) is 5.02. The van der Waals surface area contributed by atoms with Crippen LogP contribution in [0.5, 0.6) is 0 Å². The number of anilines is 1. The van der Waals surface area contributed by atoms with Gasteiger partial charge in [-0.1, -0.05) is 0 Å². The number of nitro benzene ring substituents is 1. The maximum atomic E-state index is 14.1. The maximum Gasteiger partial charge on any atom is 0.307 e. The van der Waals surface area contributed by atoms with Gasteiger partial charge in [0, 0.05) is 18.7 Å². The van der Waals surface area contributed by atoms with Crippen molar-refractivity contribution in [3.8, 4) is 0 Å². The number of halogens is 1. The Bertz CT molecular complexity index is 550. The van der Waals surface area contributed by atoms with Crippen LogP contribution in [0, 0.1) is 15.9 Å². The van der Waals surface area contributed by atoms with Crippen LogP contribution in [0.25, 0.3) is 0 Å². The normalized spacial score (nSPS) is 18.4. The number of benzene rings is 1. The minimum Gasteiger partial charge on any atom is -0.469 e. The molecule has 0 spiro atoms. The number of hydrogen-bond acceptors (Lipinski definition) is 5. The molecule has 1 heterocycles. The van der Waals surface area contributed by atoms with E-state index < -0.39 is 10.7 Å². The van der Waals surface area contributed by atoms with Crippen LogP contribution in [-0.4, -0.2) is 30.6 Å². The molecule has 2 rings (SSSR count). The van der Waals surface area contributed by atoms with Gasteiger partial charge < -0.3 is 9.64 Å². The van der Waals surface area contributed by atoms with Gasteiger partial charge in [-0.15, -0.1) is 0 Å². The van der Waals surface area contributed by atoms with E-state index in [0.717, 1.165) is 25.3 Å². The number of esters is 1. The van der Waals surface area contributed by atoms with Crippen LogP contribution in [0.4, 0.5) is 15.8 Å². The lowest BCUT2D eigenvalue weighted by Crippen LogP contribution is -2.41. The predicted octanol–water partition coefficient (Wildman–Crippen LogP) is 2.66. The molecule has 0 aliphatic carbocycles. The van der Waals surface area contributed by atoms with Gasteiger partial charge in [0.2, 0.25) is 0 Å². The zero-order chi connectivity index (χ0) is 15.4. The molecule has 1 aliphatic rings. The van der Waals surface area contributed by atoms with Crippen LogP contribution in [0.1, 0.15) is 25.7 Å². The summed E-state index contributed by atoms with van der Waals surface area (Å²) in [6.07, 6.45) is 2.82. The molecule has 0 saturated carbocycles. The van der Waals surface area contributed by atoms with Gasteiger partial charge in [-0.25, -0.2) is 4.39 Å². The summed E-state index contributed by atoms with van der Waals surface area (Å²) in [6.45, 7) is 0.621. The van der Waals surface area contributed by atoms with Gasteiger partial charge in [0.15, 0.2) is 5.82 Å². The molecule has 7 heteroatoms. The summed E-state index contributed by atoms with van der Waals surface area (Å²) in [4.78, 5) is 23.3. The van der Waals surface area contributed by atoms with Crippen LogP contribution in [0.15, 0.2) is 18.2 Å². The topological polar surface area (TPSA) is 72.7 Å². The van der Waals surface area contributed by atoms with E-state index in [4.69, 9.17) is 0 Å². The van der Waals surface area contributed by atoms with E-state index in [1.54, 1.807) is 4.90 Å². The van der Waals surface area contributed by atoms with Crippen molar-refractivity contribution in [2.75, 3.05) is 18.6 Å². The summed E-state index contributed by atoms with van der Waals surface area (Å²) < 4.78 is 18.8. The molecule has 0 radical (unpaired) electrons. The molecule has 6 nitrogen and oxygen atoms in total. The number of ether oxygens (including phenoxy) is 1. The first-order valence-corrected chi connectivity index (χ1v) is 6.80. The zero-order valence-electron chi connectivity index (χ0n) is 11.8. The predicted molar refractivity (Wildman–Crippen MR) is 74.7 cm³/mol. The molecule has 0 bridgehead atoms. The molecule has 1 atom stereocenters. The Kier molecular flexibility index (Phi) is 4.72. The molecule has 1 fully saturated rings. The number of methoxy groups -OCH3 is 1. The molecule has 0 aromatic heterocycles. The van der Waals surface area contributed by atoms with Crippen molar-refractivity contribution in [2.24, 2.45) is 0 Å². The number of nitro groups is 1. The van der Waals surface area contributed by atoms with Gasteiger partial charge in [0.25, 0.3) is 5.69 Å². The molecule has 1 saturated heterocycles. The Hall–Kier alpha value is -2.18. The van der Waals surface area contributed by atoms with Crippen LogP contribution in [0.3, 0.4) is 0 Å². The van der Waals surface area contributed by atoms with Gasteiger partial charge in [-0.2, -0.15) is 0 Å². The van der Waals surface area contributed by atoms with Gasteiger partial charge in [-0.05, 0) is 25.3 Å². The average molecular weight is 296 g/mol. The third-order valence-corrected chi connectivity index (χ3v) is 3.71. The first-order valence-electron chi connectivity index (χ1n) is 6.80. The highest BCUT2D eigenvalue weighted by molar-refractivity contribution is 5.71. The van der Waals surface area contributed by atoms with Crippen molar-refractivity contribution in [1.82, 2.24) is 0 Å². The summed E-state index contributed by atoms with van der Waals surface area (Å²) in [6, 6.07) is 3.46. The molecular formula is C14H17FN2O4. The molecule has 1 aromatic carbocycles. The largest absolute Gasteiger partial charge is 0.469 e. The van der Waals surface area contributed by atoms with Crippen LogP contribution < -0.4 is 4.90 Å². The van der Waals surface area contributed by atoms with E-state index in [0.29, 0.717) is 12.2 Å². The summed E-state index contributed by atoms with van der Waals surface area (Å²) in [5.41, 5.74) is 0.0204. The molecule has 0 N–H and O–H groups in total. The summed E-state index contributed by atoms with van der Waals surface area (Å²) >= 11 is 0. The van der Waals surface area contributed by atoms with Gasteiger partial charge in [-0.3, -0.25) is 14.9 Å². The summed E-state index contributed by atoms with van der Waals surface area (Å²) in [5.74, 6) is -0.977. The third kappa shape index (κ3) is 3.48. The van der Waals surface area contributed by atoms with Gasteiger partial charge in [0.05, 0.1) is 30.2 Å². The number of non-ortho nitro benzene ring substituents is 1. The van der Waals surface area contributed by atoms with Crippen molar-refractivity contribution in [3.05, 3.63) is 34.1 Å². The second-order valence-electron chi connectivity index (χ2n) is 5.02. The lowest BCUT2D eigenvalue weighted by molar-refractivity contribution is -0.385. The number of nitrogens with zero attached hydrogens (tertiary/aromatic N) is 2. The number of piperidine rings is 1. The number of hydrogen-bond donors (Lipinski definition) is 0. The van der Waals surface area contributed by atoms with Crippen molar-refractivity contribution in [1.29, 1.82) is 0 Å². The lowest BCUT2D eigenvalue weighted by atomic mass is 9.98. The van der Waals surface area contributed by atoms with E-state index in [1.807, 2.05) is 0 Å². The molecule has 1 aliphatic heterocycles. The van der Waals surface area contributed by atoms with E-state index in [-0.39, 0.29) is 24.1 Å². The summed E-state index contributed by atoms with van der Waals surface area (Å²) in [7, 11) is 1.32. The molecule has 0 amide bonds. The minimum absolute atomic E-state index is 0.137. The van der Waals surface area contributed by atoms with Crippen molar-refractivity contribution in [3.63, 3.8) is 0 Å². The third-order valence-electron chi connectivity index (χ3n) is 3.71. The molecular weight excluding hydrogens is 279 g/mol. The summed E-state index contributed by atoms with van der Waals surface area (Å²) in [5, 5.41) is 10.7. The van der Waals surface area contributed by atoms with Crippen LogP contribution >= 0.6 is 0 Å². The average Bonchev–Trinajstić information content (AvgIpc) is 2.47. The first-order chi connectivity index (χ1) is 10.0. The smallest absolute Gasteiger partial charge is 0.307 e. The fourth-order valence-electron chi connectivity index (χ4n) is 2.65. The Morgan fingerprint density at radius 1 is 1.52 bits per heavy atom. The molecule has 1 unspecified atom stereocenters. The molecule has 21 heavy (non-hydrogen) atoms. The highest BCUT2D eigenvalue weighted by Crippen LogP contribution is 2.30. The van der Waals surface area contributed by atoms with E-state index in [9.17, 15) is 19.3 Å². The van der Waals surface area contributed by atoms with E-state index >= 15 is 0 Å². The lowest BCUT2D eigenvalue weighted by Gasteiger charge is -2.37. The van der Waals surface area contributed by atoms with Crippen molar-refractivity contribution < 1.29 is 18.8 Å². The first kappa shape index (κ1) is 15.2. The number of carbonyl (C=O) groups excluding carboxylic acids is 1. The minimum atomic E-state index is -0.638. The maximum absolute atomic E-state index is 14.1. The van der Waals surface area contributed by atoms with E-state index in [2.05, 4.69) is 4.74 Å². The van der Waals surface area contributed by atoms with E-state index in [1.165, 1.54) is 19.2 Å². The highest BCUT2D eigenvalue weighted by atomic mass is 19.1. The number of carbonyl (C=O) groups is 1. The Labute approximate surface area is 121 Å². The monoisotopic (exact) mass is 296 g/mol. The second kappa shape index (κ2) is 6.51. The Balaban J connectivity index is 2.24. The number of rotatable bonds is 4. The molecule has 1 aromatic rings. The van der Waals surface area contributed by atoms with Crippen LogP contribution in [-0.2, 0) is 9.53 Å². The Morgan fingerprint density at radius 3 is 2.90 bits per heavy atom. The molecule has 114 valence electrons. The fraction of sp³-hybridized carbons (Fsp3) is 0.500. The zero-order valence-corrected chi connectivity index (χ0v) is 11.8. The van der Waals surface area contributed by atoms with Crippen molar-refractivity contribution >= 4 is 17.3 Å². The standard InChI is InChI=1S/C14H17FN2O4/c1-21-14(18)9-10-4-2-3-7-16(10)13-6-5-11(17(19)20)8-12(13)15/h5-6,8,10H,2-4,7,9H2,1H3. The van der Waals surface area contributed by atoms with Gasteiger partial charge in [0.1, 0.15) is 0 Å². The van der Waals surface area contributed by atoms with Crippen LogP contribution in [0.2, 0.25) is 0 Å². The highest BCUT2D eigenvalue weighted by Gasteiger charge is 2.27. The SMILES string of the molecule is COC(=O)CC1CCCCN1c1ccc([N+](=O)[O-])cc1F. The van der Waals surface area contributed by atoms with Gasteiger partial charge >= 0.3 is 5.97 Å².